The van der Waals surface area contributed by atoms with Crippen molar-refractivity contribution in [3.8, 4) is 0 Å². The summed E-state index contributed by atoms with van der Waals surface area (Å²) >= 11 is 0. The van der Waals surface area contributed by atoms with E-state index in [0.29, 0.717) is 31.0 Å². The number of carboxylic acids is 1. The van der Waals surface area contributed by atoms with E-state index in [1.165, 1.54) is 0 Å². The zero-order valence-corrected chi connectivity index (χ0v) is 20.0. The van der Waals surface area contributed by atoms with E-state index >= 15 is 0 Å². The molecule has 1 amide bonds. The number of carbonyl (C=O) groups is 2. The minimum atomic E-state index is -5.08. The lowest BCUT2D eigenvalue weighted by atomic mass is 10.0. The average molecular weight is 521 g/mol. The van der Waals surface area contributed by atoms with Crippen LogP contribution in [0, 0.1) is 0 Å². The van der Waals surface area contributed by atoms with Gasteiger partial charge in [0.2, 0.25) is 10.0 Å². The molecule has 15 heteroatoms. The van der Waals surface area contributed by atoms with Crippen LogP contribution in [0.25, 0.3) is 5.65 Å². The van der Waals surface area contributed by atoms with Crippen LogP contribution in [0.1, 0.15) is 41.4 Å². The monoisotopic (exact) mass is 520 g/mol. The van der Waals surface area contributed by atoms with Gasteiger partial charge in [0.1, 0.15) is 6.33 Å². The molecule has 3 heterocycles. The minimum absolute atomic E-state index is 0.0675. The first-order chi connectivity index (χ1) is 16.3. The summed E-state index contributed by atoms with van der Waals surface area (Å²) in [4.78, 5) is 32.0. The Hall–Kier alpha value is -2.78. The first kappa shape index (κ1) is 26.8. The van der Waals surface area contributed by atoms with Gasteiger partial charge in [-0.15, -0.1) is 0 Å². The number of likely N-dealkylation sites (N-methyl/N-ethyl adjacent to an activating group) is 1. The Bertz CT molecular complexity index is 1180. The smallest absolute Gasteiger partial charge is 0.475 e. The number of hydrogen-bond acceptors (Lipinski definition) is 7. The van der Waals surface area contributed by atoms with Crippen molar-refractivity contribution in [3.63, 3.8) is 0 Å². The predicted molar refractivity (Wildman–Crippen MR) is 118 cm³/mol. The molecule has 11 nitrogen and oxygen atoms in total. The van der Waals surface area contributed by atoms with Crippen LogP contribution in [-0.2, 0) is 14.8 Å². The standard InChI is InChI=1S/C18H26N6O3S.C2HF3O2/c1-22(2)10-8-20-18(25)16-17-19-7-5-15(24(17)12-21-16)13-6-9-23(11-13)28(26,27)14-3-4-14;3-2(4,5)1(6)7/h5,7,12-14H,3-4,6,8-11H2,1-2H3,(H,20,25);(H,6,7). The summed E-state index contributed by atoms with van der Waals surface area (Å²) in [6.45, 7) is 2.28. The third-order valence-electron chi connectivity index (χ3n) is 5.64. The molecule has 2 fully saturated rings. The Kier molecular flexibility index (Phi) is 8.01. The molecule has 194 valence electrons. The number of carboxylic acid groups (broad SMARTS) is 1. The van der Waals surface area contributed by atoms with Crippen LogP contribution < -0.4 is 5.32 Å². The lowest BCUT2D eigenvalue weighted by molar-refractivity contribution is -0.192. The minimum Gasteiger partial charge on any atom is -0.475 e. The lowest BCUT2D eigenvalue weighted by Gasteiger charge is -2.16. The van der Waals surface area contributed by atoms with Gasteiger partial charge < -0.3 is 15.3 Å². The Morgan fingerprint density at radius 1 is 1.23 bits per heavy atom. The molecule has 0 aromatic carbocycles. The highest BCUT2D eigenvalue weighted by atomic mass is 32.2. The first-order valence-electron chi connectivity index (χ1n) is 10.9. The average Bonchev–Trinajstić information content (AvgIpc) is 3.36. The highest BCUT2D eigenvalue weighted by molar-refractivity contribution is 7.90. The molecule has 2 aromatic heterocycles. The molecule has 2 aromatic rings. The zero-order valence-electron chi connectivity index (χ0n) is 19.2. The van der Waals surface area contributed by atoms with Gasteiger partial charge in [-0.25, -0.2) is 27.5 Å². The van der Waals surface area contributed by atoms with Gasteiger partial charge >= 0.3 is 12.1 Å². The maximum atomic E-state index is 12.5. The van der Waals surface area contributed by atoms with Crippen molar-refractivity contribution in [2.24, 2.45) is 0 Å². The number of aromatic nitrogens is 3. The molecule has 35 heavy (non-hydrogen) atoms. The summed E-state index contributed by atoms with van der Waals surface area (Å²) in [5.41, 5.74) is 1.74. The second kappa shape index (κ2) is 10.5. The Labute approximate surface area is 200 Å². The van der Waals surface area contributed by atoms with Crippen LogP contribution in [-0.4, -0.2) is 101 Å². The highest BCUT2D eigenvalue weighted by Crippen LogP contribution is 2.36. The van der Waals surface area contributed by atoms with Gasteiger partial charge in [0.05, 0.1) is 5.25 Å². The summed E-state index contributed by atoms with van der Waals surface area (Å²) in [7, 11) is 0.729. The molecule has 1 atom stereocenters. The molecule has 0 radical (unpaired) electrons. The number of hydrogen-bond donors (Lipinski definition) is 2. The van der Waals surface area contributed by atoms with E-state index in [4.69, 9.17) is 9.90 Å². The number of nitrogens with one attached hydrogen (secondary N) is 1. The van der Waals surface area contributed by atoms with Crippen LogP contribution >= 0.6 is 0 Å². The van der Waals surface area contributed by atoms with Crippen LogP contribution in [0.2, 0.25) is 0 Å². The Morgan fingerprint density at radius 2 is 1.89 bits per heavy atom. The van der Waals surface area contributed by atoms with Gasteiger partial charge in [0, 0.05) is 44.0 Å². The number of rotatable bonds is 7. The number of fused-ring (bicyclic) bond motifs is 1. The zero-order chi connectivity index (χ0) is 26.0. The third kappa shape index (κ3) is 6.46. The largest absolute Gasteiger partial charge is 0.490 e. The molecular weight excluding hydrogens is 493 g/mol. The van der Waals surface area contributed by atoms with Crippen molar-refractivity contribution in [1.29, 1.82) is 0 Å². The van der Waals surface area contributed by atoms with E-state index in [9.17, 15) is 26.4 Å². The predicted octanol–water partition coefficient (Wildman–Crippen LogP) is 0.936. The van der Waals surface area contributed by atoms with E-state index < -0.39 is 22.2 Å². The van der Waals surface area contributed by atoms with Crippen molar-refractivity contribution in [1.82, 2.24) is 28.9 Å². The number of halogens is 3. The van der Waals surface area contributed by atoms with E-state index in [2.05, 4.69) is 15.3 Å². The van der Waals surface area contributed by atoms with Gasteiger partial charge in [-0.3, -0.25) is 9.20 Å². The molecule has 2 aliphatic rings. The second-order valence-electron chi connectivity index (χ2n) is 8.61. The van der Waals surface area contributed by atoms with Gasteiger partial charge in [-0.2, -0.15) is 13.2 Å². The van der Waals surface area contributed by atoms with Crippen molar-refractivity contribution in [3.05, 3.63) is 30.0 Å². The summed E-state index contributed by atoms with van der Waals surface area (Å²) in [6, 6.07) is 1.89. The van der Waals surface area contributed by atoms with Gasteiger partial charge in [-0.05, 0) is 39.4 Å². The Balaban J connectivity index is 0.000000429. The summed E-state index contributed by atoms with van der Waals surface area (Å²) in [5, 5.41) is 9.80. The number of sulfonamides is 1. The Morgan fingerprint density at radius 3 is 2.46 bits per heavy atom. The molecule has 1 saturated heterocycles. The van der Waals surface area contributed by atoms with E-state index in [-0.39, 0.29) is 17.1 Å². The molecule has 0 bridgehead atoms. The lowest BCUT2D eigenvalue weighted by Crippen LogP contribution is -2.32. The van der Waals surface area contributed by atoms with E-state index in [1.54, 1.807) is 16.8 Å². The van der Waals surface area contributed by atoms with Crippen molar-refractivity contribution < 1.29 is 36.3 Å². The van der Waals surface area contributed by atoms with E-state index in [0.717, 1.165) is 31.5 Å². The van der Waals surface area contributed by atoms with Gasteiger partial charge in [0.15, 0.2) is 11.3 Å². The van der Waals surface area contributed by atoms with Crippen LogP contribution in [0.4, 0.5) is 13.2 Å². The van der Waals surface area contributed by atoms with Crippen molar-refractivity contribution >= 4 is 27.5 Å². The maximum Gasteiger partial charge on any atom is 0.490 e. The SMILES string of the molecule is CN(C)CCNC(=O)c1ncn2c(C3CCN(S(=O)(=O)C4CC4)C3)ccnc12.O=C(O)C(F)(F)F. The summed E-state index contributed by atoms with van der Waals surface area (Å²) in [5.74, 6) is -2.94. The molecule has 1 saturated carbocycles. The third-order valence-corrected chi connectivity index (χ3v) is 8.00. The fourth-order valence-electron chi connectivity index (χ4n) is 3.67. The fourth-order valence-corrected chi connectivity index (χ4v) is 5.57. The van der Waals surface area contributed by atoms with Crippen molar-refractivity contribution in [2.45, 2.75) is 36.6 Å². The van der Waals surface area contributed by atoms with Crippen LogP contribution in [0.15, 0.2) is 18.6 Å². The van der Waals surface area contributed by atoms with Crippen LogP contribution in [0.3, 0.4) is 0 Å². The number of amides is 1. The van der Waals surface area contributed by atoms with E-state index in [1.807, 2.05) is 29.5 Å². The summed E-state index contributed by atoms with van der Waals surface area (Å²) < 4.78 is 60.2. The van der Waals surface area contributed by atoms with Gasteiger partial charge in [0.25, 0.3) is 5.91 Å². The number of carbonyl (C=O) groups excluding carboxylic acids is 1. The molecule has 0 spiro atoms. The molecule has 1 unspecified atom stereocenters. The van der Waals surface area contributed by atoms with Gasteiger partial charge in [-0.1, -0.05) is 0 Å². The fraction of sp³-hybridized carbons (Fsp3) is 0.600. The quantitative estimate of drug-likeness (QED) is 0.550. The first-order valence-corrected chi connectivity index (χ1v) is 12.4. The molecule has 4 rings (SSSR count). The number of alkyl halides is 3. The highest BCUT2D eigenvalue weighted by Gasteiger charge is 2.43. The molecule has 2 N–H and O–H groups in total. The van der Waals surface area contributed by atoms with Crippen molar-refractivity contribution in [2.75, 3.05) is 40.3 Å². The number of nitrogens with zero attached hydrogens (tertiary/aromatic N) is 5. The second-order valence-corrected chi connectivity index (χ2v) is 10.8. The molecular formula is C20H27F3N6O5S. The molecule has 1 aliphatic heterocycles. The van der Waals surface area contributed by atoms with Crippen LogP contribution in [0.5, 0.6) is 0 Å². The number of imidazole rings is 1. The number of aliphatic carboxylic acids is 1. The molecule has 1 aliphatic carbocycles. The maximum absolute atomic E-state index is 12.5. The topological polar surface area (TPSA) is 137 Å². The normalized spacial score (nSPS) is 19.0. The summed E-state index contributed by atoms with van der Waals surface area (Å²) in [6.07, 6.45) is 0.499.